The summed E-state index contributed by atoms with van der Waals surface area (Å²) in [5.74, 6) is 0. The summed E-state index contributed by atoms with van der Waals surface area (Å²) < 4.78 is 0. The van der Waals surface area contributed by atoms with E-state index in [1.54, 1.807) is 0 Å². The zero-order chi connectivity index (χ0) is 6.91. The van der Waals surface area contributed by atoms with Crippen LogP contribution in [0.3, 0.4) is 0 Å². The number of urea groups is 1. The fraction of sp³-hybridized carbons (Fsp3) is 0.800. The van der Waals surface area contributed by atoms with Crippen LogP contribution in [0.5, 0.6) is 0 Å². The number of nitrogens with two attached hydrogens (primary N) is 1. The molecule has 1 unspecified atom stereocenters. The standard InChI is InChI=1S/C5H11N3O.ClH/c1-5(2-6)3-7-4(9)8-5;/h2-3,6H2,1H3,(H2,7,8,9);1H. The largest absolute Gasteiger partial charge is 0.336 e. The molecule has 0 saturated carbocycles. The van der Waals surface area contributed by atoms with Crippen LogP contribution in [0.2, 0.25) is 0 Å². The highest BCUT2D eigenvalue weighted by Crippen LogP contribution is 2.03. The van der Waals surface area contributed by atoms with Gasteiger partial charge >= 0.3 is 6.03 Å². The van der Waals surface area contributed by atoms with Gasteiger partial charge in [0.15, 0.2) is 0 Å². The maximum absolute atomic E-state index is 10.5. The summed E-state index contributed by atoms with van der Waals surface area (Å²) in [5.41, 5.74) is 5.15. The third kappa shape index (κ3) is 1.75. The van der Waals surface area contributed by atoms with Crippen molar-refractivity contribution in [1.29, 1.82) is 0 Å². The van der Waals surface area contributed by atoms with Crippen LogP contribution in [-0.2, 0) is 0 Å². The molecule has 0 aromatic carbocycles. The van der Waals surface area contributed by atoms with Crippen LogP contribution >= 0.6 is 12.4 Å². The van der Waals surface area contributed by atoms with Crippen molar-refractivity contribution in [3.63, 3.8) is 0 Å². The van der Waals surface area contributed by atoms with E-state index in [-0.39, 0.29) is 24.0 Å². The lowest BCUT2D eigenvalue weighted by atomic mass is 10.1. The fourth-order valence-corrected chi connectivity index (χ4v) is 0.761. The maximum Gasteiger partial charge on any atom is 0.315 e. The van der Waals surface area contributed by atoms with Gasteiger partial charge in [0.05, 0.1) is 5.54 Å². The van der Waals surface area contributed by atoms with Crippen LogP contribution in [0.25, 0.3) is 0 Å². The first-order chi connectivity index (χ1) is 4.16. The zero-order valence-corrected chi connectivity index (χ0v) is 6.62. The molecule has 2 amide bonds. The van der Waals surface area contributed by atoms with Gasteiger partial charge in [0.25, 0.3) is 0 Å². The van der Waals surface area contributed by atoms with Crippen molar-refractivity contribution in [2.75, 3.05) is 13.1 Å². The summed E-state index contributed by atoms with van der Waals surface area (Å²) in [6.45, 7) is 3.01. The van der Waals surface area contributed by atoms with Crippen LogP contribution in [0.4, 0.5) is 4.79 Å². The molecule has 1 rings (SSSR count). The van der Waals surface area contributed by atoms with Gasteiger partial charge in [-0.05, 0) is 6.92 Å². The van der Waals surface area contributed by atoms with Crippen molar-refractivity contribution in [1.82, 2.24) is 10.6 Å². The molecule has 4 nitrogen and oxygen atoms in total. The molecule has 1 aliphatic heterocycles. The predicted octanol–water partition coefficient (Wildman–Crippen LogP) is -0.562. The molecule has 1 aliphatic rings. The summed E-state index contributed by atoms with van der Waals surface area (Å²) in [6, 6.07) is -0.122. The number of hydrogen-bond donors (Lipinski definition) is 3. The highest BCUT2D eigenvalue weighted by molar-refractivity contribution is 5.85. The molecular formula is C5H12ClN3O. The van der Waals surface area contributed by atoms with Crippen molar-refractivity contribution in [2.24, 2.45) is 5.73 Å². The molecule has 1 atom stereocenters. The molecule has 60 valence electrons. The lowest BCUT2D eigenvalue weighted by Crippen LogP contribution is -2.46. The van der Waals surface area contributed by atoms with Crippen LogP contribution < -0.4 is 16.4 Å². The molecular weight excluding hydrogens is 154 g/mol. The SMILES string of the molecule is CC1(CN)CNC(=O)N1.Cl. The van der Waals surface area contributed by atoms with E-state index in [1.807, 2.05) is 6.92 Å². The van der Waals surface area contributed by atoms with Crippen molar-refractivity contribution < 1.29 is 4.79 Å². The van der Waals surface area contributed by atoms with Crippen molar-refractivity contribution >= 4 is 18.4 Å². The number of nitrogens with one attached hydrogen (secondary N) is 2. The summed E-state index contributed by atoms with van der Waals surface area (Å²) in [6.07, 6.45) is 0. The molecule has 1 heterocycles. The van der Waals surface area contributed by atoms with Crippen LogP contribution in [0, 0.1) is 0 Å². The molecule has 1 saturated heterocycles. The lowest BCUT2D eigenvalue weighted by Gasteiger charge is -2.18. The Labute approximate surface area is 65.9 Å². The molecule has 0 bridgehead atoms. The Bertz CT molecular complexity index is 141. The second-order valence-electron chi connectivity index (χ2n) is 2.57. The Morgan fingerprint density at radius 2 is 2.40 bits per heavy atom. The van der Waals surface area contributed by atoms with Crippen LogP contribution in [0.1, 0.15) is 6.92 Å². The normalized spacial score (nSPS) is 30.4. The molecule has 0 aliphatic carbocycles. The molecule has 1 fully saturated rings. The fourth-order valence-electron chi connectivity index (χ4n) is 0.761. The van der Waals surface area contributed by atoms with E-state index in [2.05, 4.69) is 10.6 Å². The number of rotatable bonds is 1. The summed E-state index contributed by atoms with van der Waals surface area (Å²) in [7, 11) is 0. The second-order valence-corrected chi connectivity index (χ2v) is 2.57. The predicted molar refractivity (Wildman–Crippen MR) is 41.2 cm³/mol. The third-order valence-corrected chi connectivity index (χ3v) is 1.50. The van der Waals surface area contributed by atoms with E-state index < -0.39 is 0 Å². The summed E-state index contributed by atoms with van der Waals surface area (Å²) in [5, 5.41) is 5.34. The average Bonchev–Trinajstić information content (AvgIpc) is 2.13. The number of carbonyl (C=O) groups is 1. The van der Waals surface area contributed by atoms with Gasteiger partial charge in [0.2, 0.25) is 0 Å². The first-order valence-electron chi connectivity index (χ1n) is 2.92. The molecule has 0 radical (unpaired) electrons. The first-order valence-corrected chi connectivity index (χ1v) is 2.92. The third-order valence-electron chi connectivity index (χ3n) is 1.50. The quantitative estimate of drug-likeness (QED) is 0.488. The van der Waals surface area contributed by atoms with E-state index >= 15 is 0 Å². The molecule has 0 aromatic rings. The van der Waals surface area contributed by atoms with E-state index in [9.17, 15) is 4.79 Å². The summed E-state index contributed by atoms with van der Waals surface area (Å²) in [4.78, 5) is 10.5. The van der Waals surface area contributed by atoms with Gasteiger partial charge in [-0.15, -0.1) is 12.4 Å². The number of carbonyl (C=O) groups excluding carboxylic acids is 1. The summed E-state index contributed by atoms with van der Waals surface area (Å²) >= 11 is 0. The number of halogens is 1. The lowest BCUT2D eigenvalue weighted by molar-refractivity contribution is 0.245. The van der Waals surface area contributed by atoms with Crippen LogP contribution in [-0.4, -0.2) is 24.7 Å². The van der Waals surface area contributed by atoms with Gasteiger partial charge in [-0.1, -0.05) is 0 Å². The molecule has 0 aromatic heterocycles. The highest BCUT2D eigenvalue weighted by atomic mass is 35.5. The zero-order valence-electron chi connectivity index (χ0n) is 5.81. The van der Waals surface area contributed by atoms with Gasteiger partial charge in [-0.2, -0.15) is 0 Å². The Hall–Kier alpha value is -0.480. The van der Waals surface area contributed by atoms with Crippen molar-refractivity contribution in [2.45, 2.75) is 12.5 Å². The highest BCUT2D eigenvalue weighted by Gasteiger charge is 2.30. The molecule has 10 heavy (non-hydrogen) atoms. The second kappa shape index (κ2) is 3.07. The van der Waals surface area contributed by atoms with Gasteiger partial charge in [-0.25, -0.2) is 4.79 Å². The van der Waals surface area contributed by atoms with Gasteiger partial charge in [-0.3, -0.25) is 0 Å². The van der Waals surface area contributed by atoms with E-state index in [4.69, 9.17) is 5.73 Å². The Balaban J connectivity index is 0.000000810. The number of hydrogen-bond acceptors (Lipinski definition) is 2. The Morgan fingerprint density at radius 1 is 1.80 bits per heavy atom. The molecule has 0 spiro atoms. The number of amides is 2. The Kier molecular flexibility index (Phi) is 2.93. The first kappa shape index (κ1) is 9.52. The Morgan fingerprint density at radius 3 is 2.60 bits per heavy atom. The minimum absolute atomic E-state index is 0. The van der Waals surface area contributed by atoms with E-state index in [0.29, 0.717) is 13.1 Å². The molecule has 5 heteroatoms. The smallest absolute Gasteiger partial charge is 0.315 e. The van der Waals surface area contributed by atoms with Crippen molar-refractivity contribution in [3.05, 3.63) is 0 Å². The minimum Gasteiger partial charge on any atom is -0.336 e. The maximum atomic E-state index is 10.5. The van der Waals surface area contributed by atoms with Gasteiger partial charge in [0, 0.05) is 13.1 Å². The minimum atomic E-state index is -0.225. The average molecular weight is 166 g/mol. The van der Waals surface area contributed by atoms with E-state index in [1.165, 1.54) is 0 Å². The van der Waals surface area contributed by atoms with Crippen LogP contribution in [0.15, 0.2) is 0 Å². The monoisotopic (exact) mass is 165 g/mol. The van der Waals surface area contributed by atoms with Gasteiger partial charge in [0.1, 0.15) is 0 Å². The van der Waals surface area contributed by atoms with Gasteiger partial charge < -0.3 is 16.4 Å². The van der Waals surface area contributed by atoms with E-state index in [0.717, 1.165) is 0 Å². The van der Waals surface area contributed by atoms with Crippen molar-refractivity contribution in [3.8, 4) is 0 Å². The molecule has 4 N–H and O–H groups in total. The topological polar surface area (TPSA) is 67.1 Å².